The standard InChI is InChI=1S/C31H28ClFN6O5/c1-20(40)13-14-44-31(43)36-26-10-7-22(15-25(26)33)17-29(41)27(16-21-5-3-2-4-6-21)35-30(42)12-8-23-18-24(32)9-11-28(23)39-19-34-37-38-39/h2-12,15,18-19,27H,13-14,16-17H2,1H3,(H,35,42)(H,36,43)/b12-8+/t27-/m0/s1. The molecule has 0 spiro atoms. The van der Waals surface area contributed by atoms with Gasteiger partial charge in [0, 0.05) is 29.5 Å². The molecule has 0 aliphatic rings. The Morgan fingerprint density at radius 1 is 1.05 bits per heavy atom. The maximum absolute atomic E-state index is 14.8. The van der Waals surface area contributed by atoms with Crippen LogP contribution in [-0.4, -0.2) is 56.4 Å². The van der Waals surface area contributed by atoms with Crippen LogP contribution in [0.1, 0.15) is 30.0 Å². The molecule has 11 nitrogen and oxygen atoms in total. The number of ketones is 2. The van der Waals surface area contributed by atoms with Crippen molar-refractivity contribution in [3.8, 4) is 5.69 Å². The number of carbonyl (C=O) groups is 4. The molecular formula is C31H28ClFN6O5. The molecule has 0 saturated heterocycles. The van der Waals surface area contributed by atoms with E-state index in [1.165, 1.54) is 42.2 Å². The Morgan fingerprint density at radius 2 is 1.84 bits per heavy atom. The lowest BCUT2D eigenvalue weighted by atomic mass is 9.97. The number of amides is 2. The third-order valence-electron chi connectivity index (χ3n) is 6.32. The summed E-state index contributed by atoms with van der Waals surface area (Å²) >= 11 is 6.16. The van der Waals surface area contributed by atoms with Gasteiger partial charge in [-0.15, -0.1) is 5.10 Å². The minimum atomic E-state index is -0.926. The number of aromatic nitrogens is 4. The van der Waals surface area contributed by atoms with Crippen LogP contribution in [0.5, 0.6) is 0 Å². The molecule has 226 valence electrons. The number of nitrogens with one attached hydrogen (secondary N) is 2. The lowest BCUT2D eigenvalue weighted by Crippen LogP contribution is -2.42. The first-order chi connectivity index (χ1) is 21.2. The molecule has 44 heavy (non-hydrogen) atoms. The van der Waals surface area contributed by atoms with Crippen LogP contribution >= 0.6 is 11.6 Å². The van der Waals surface area contributed by atoms with E-state index in [0.29, 0.717) is 21.8 Å². The molecule has 0 bridgehead atoms. The monoisotopic (exact) mass is 618 g/mol. The molecule has 1 aromatic heterocycles. The van der Waals surface area contributed by atoms with Crippen molar-refractivity contribution in [3.05, 3.63) is 107 Å². The van der Waals surface area contributed by atoms with Crippen molar-refractivity contribution in [2.75, 3.05) is 11.9 Å². The van der Waals surface area contributed by atoms with E-state index in [9.17, 15) is 23.6 Å². The zero-order valence-electron chi connectivity index (χ0n) is 23.6. The molecule has 0 radical (unpaired) electrons. The molecule has 3 aromatic carbocycles. The Labute approximate surface area is 257 Å². The van der Waals surface area contributed by atoms with E-state index in [0.717, 1.165) is 11.6 Å². The third kappa shape index (κ3) is 9.39. The van der Waals surface area contributed by atoms with E-state index in [2.05, 4.69) is 26.2 Å². The number of nitrogens with zero attached hydrogens (tertiary/aromatic N) is 4. The Balaban J connectivity index is 1.46. The number of ether oxygens (including phenoxy) is 1. The molecule has 0 fully saturated rings. The van der Waals surface area contributed by atoms with Gasteiger partial charge in [-0.25, -0.2) is 9.18 Å². The Morgan fingerprint density at radius 3 is 2.55 bits per heavy atom. The van der Waals surface area contributed by atoms with Gasteiger partial charge in [0.1, 0.15) is 24.5 Å². The third-order valence-corrected chi connectivity index (χ3v) is 6.56. The summed E-state index contributed by atoms with van der Waals surface area (Å²) in [5.74, 6) is -1.80. The first-order valence-electron chi connectivity index (χ1n) is 13.5. The van der Waals surface area contributed by atoms with Crippen LogP contribution in [0.25, 0.3) is 11.8 Å². The van der Waals surface area contributed by atoms with Gasteiger partial charge in [-0.1, -0.05) is 48.0 Å². The number of Topliss-reactive ketones (excluding diaryl/α,β-unsaturated/α-hetero) is 2. The number of hydrogen-bond donors (Lipinski definition) is 2. The van der Waals surface area contributed by atoms with Crippen LogP contribution in [0.3, 0.4) is 0 Å². The van der Waals surface area contributed by atoms with Crippen LogP contribution < -0.4 is 10.6 Å². The van der Waals surface area contributed by atoms with Gasteiger partial charge in [-0.3, -0.25) is 19.7 Å². The molecule has 4 aromatic rings. The van der Waals surface area contributed by atoms with Crippen molar-refractivity contribution in [3.63, 3.8) is 0 Å². The number of benzene rings is 3. The average molecular weight is 619 g/mol. The molecule has 2 N–H and O–H groups in total. The molecule has 13 heteroatoms. The van der Waals surface area contributed by atoms with Crippen LogP contribution in [-0.2, 0) is 32.0 Å². The Bertz CT molecular complexity index is 1660. The lowest BCUT2D eigenvalue weighted by molar-refractivity contribution is -0.125. The minimum absolute atomic E-state index is 0.0514. The summed E-state index contributed by atoms with van der Waals surface area (Å²) in [6, 6.07) is 17.2. The maximum atomic E-state index is 14.8. The summed E-state index contributed by atoms with van der Waals surface area (Å²) in [7, 11) is 0. The Kier molecular flexibility index (Phi) is 11.0. The van der Waals surface area contributed by atoms with Gasteiger partial charge >= 0.3 is 6.09 Å². The first-order valence-corrected chi connectivity index (χ1v) is 13.9. The molecule has 0 unspecified atom stereocenters. The van der Waals surface area contributed by atoms with E-state index >= 15 is 0 Å². The summed E-state index contributed by atoms with van der Waals surface area (Å²) in [5, 5.41) is 16.6. The van der Waals surface area contributed by atoms with E-state index in [1.807, 2.05) is 30.3 Å². The van der Waals surface area contributed by atoms with Crippen LogP contribution in [0, 0.1) is 5.82 Å². The first kappa shape index (κ1) is 31.7. The number of rotatable bonds is 13. The predicted molar refractivity (Wildman–Crippen MR) is 161 cm³/mol. The fourth-order valence-electron chi connectivity index (χ4n) is 4.15. The fraction of sp³-hybridized carbons (Fsp3) is 0.194. The van der Waals surface area contributed by atoms with Crippen molar-refractivity contribution in [1.29, 1.82) is 0 Å². The second kappa shape index (κ2) is 15.3. The number of halogens is 2. The molecule has 4 rings (SSSR count). The van der Waals surface area contributed by atoms with Crippen molar-refractivity contribution in [1.82, 2.24) is 25.5 Å². The number of carbonyl (C=O) groups excluding carboxylic acids is 4. The second-order valence-corrected chi connectivity index (χ2v) is 10.1. The normalized spacial score (nSPS) is 11.6. The van der Waals surface area contributed by atoms with Gasteiger partial charge in [0.15, 0.2) is 5.78 Å². The summed E-state index contributed by atoms with van der Waals surface area (Å²) in [6.07, 6.45) is 3.39. The van der Waals surface area contributed by atoms with Crippen LogP contribution in [0.15, 0.2) is 79.1 Å². The number of tetrazole rings is 1. The highest BCUT2D eigenvalue weighted by atomic mass is 35.5. The minimum Gasteiger partial charge on any atom is -0.449 e. The maximum Gasteiger partial charge on any atom is 0.411 e. The summed E-state index contributed by atoms with van der Waals surface area (Å²) < 4.78 is 21.0. The smallest absolute Gasteiger partial charge is 0.411 e. The van der Waals surface area contributed by atoms with Crippen molar-refractivity contribution in [2.24, 2.45) is 0 Å². The summed E-state index contributed by atoms with van der Waals surface area (Å²) in [5.41, 5.74) is 2.17. The summed E-state index contributed by atoms with van der Waals surface area (Å²) in [4.78, 5) is 49.3. The molecule has 0 aliphatic carbocycles. The highest BCUT2D eigenvalue weighted by Gasteiger charge is 2.22. The molecule has 1 heterocycles. The zero-order chi connectivity index (χ0) is 31.5. The van der Waals surface area contributed by atoms with Gasteiger partial charge in [-0.2, -0.15) is 4.68 Å². The molecular weight excluding hydrogens is 591 g/mol. The van der Waals surface area contributed by atoms with Crippen molar-refractivity contribution < 1.29 is 28.3 Å². The van der Waals surface area contributed by atoms with E-state index in [4.69, 9.17) is 16.3 Å². The topological polar surface area (TPSA) is 145 Å². The van der Waals surface area contributed by atoms with Gasteiger partial charge < -0.3 is 10.1 Å². The molecule has 0 saturated carbocycles. The van der Waals surface area contributed by atoms with E-state index < -0.39 is 23.9 Å². The lowest BCUT2D eigenvalue weighted by Gasteiger charge is -2.17. The predicted octanol–water partition coefficient (Wildman–Crippen LogP) is 4.53. The largest absolute Gasteiger partial charge is 0.449 e. The van der Waals surface area contributed by atoms with Crippen LogP contribution in [0.4, 0.5) is 14.9 Å². The van der Waals surface area contributed by atoms with Crippen molar-refractivity contribution in [2.45, 2.75) is 32.2 Å². The number of anilines is 1. The number of hydrogen-bond acceptors (Lipinski definition) is 8. The quantitative estimate of drug-likeness (QED) is 0.208. The van der Waals surface area contributed by atoms with Gasteiger partial charge in [0.25, 0.3) is 0 Å². The highest BCUT2D eigenvalue weighted by Crippen LogP contribution is 2.21. The fourth-order valence-corrected chi connectivity index (χ4v) is 4.33. The average Bonchev–Trinajstić information content (AvgIpc) is 3.52. The molecule has 0 aliphatic heterocycles. The Hall–Kier alpha value is -5.23. The SMILES string of the molecule is CC(=O)CCOC(=O)Nc1ccc(CC(=O)[C@H](Cc2ccccc2)NC(=O)/C=C/c2cc(Cl)ccc2-n2cnnn2)cc1F. The summed E-state index contributed by atoms with van der Waals surface area (Å²) in [6.45, 7) is 1.24. The van der Waals surface area contributed by atoms with E-state index in [1.54, 1.807) is 18.2 Å². The van der Waals surface area contributed by atoms with E-state index in [-0.39, 0.29) is 43.1 Å². The van der Waals surface area contributed by atoms with Crippen molar-refractivity contribution >= 4 is 46.9 Å². The highest BCUT2D eigenvalue weighted by molar-refractivity contribution is 6.30. The van der Waals surface area contributed by atoms with Gasteiger partial charge in [-0.05, 0) is 71.3 Å². The van der Waals surface area contributed by atoms with Gasteiger partial charge in [0.05, 0.1) is 17.4 Å². The zero-order valence-corrected chi connectivity index (χ0v) is 24.3. The molecule has 1 atom stereocenters. The molecule has 2 amide bonds. The van der Waals surface area contributed by atoms with Crippen LogP contribution in [0.2, 0.25) is 5.02 Å². The van der Waals surface area contributed by atoms with Gasteiger partial charge in [0.2, 0.25) is 5.91 Å². The second-order valence-electron chi connectivity index (χ2n) is 9.71.